The van der Waals surface area contributed by atoms with Crippen molar-refractivity contribution in [3.63, 3.8) is 0 Å². The average molecular weight is 448 g/mol. The number of hydrogen-bond acceptors (Lipinski definition) is 6. The minimum atomic E-state index is -3.70. The fraction of sp³-hybridized carbons (Fsp3) is 0.263. The van der Waals surface area contributed by atoms with Gasteiger partial charge in [-0.25, -0.2) is 13.3 Å². The summed E-state index contributed by atoms with van der Waals surface area (Å²) in [6.07, 6.45) is 0. The highest BCUT2D eigenvalue weighted by Gasteiger charge is 2.39. The molecule has 2 aromatic carbocycles. The molecule has 30 heavy (non-hydrogen) atoms. The molecule has 2 amide bonds. The molecule has 2 aromatic rings. The topological polar surface area (TPSA) is 127 Å². The van der Waals surface area contributed by atoms with Crippen molar-refractivity contribution in [2.45, 2.75) is 25.7 Å². The second-order valence-electron chi connectivity index (χ2n) is 8.18. The van der Waals surface area contributed by atoms with Crippen LogP contribution >= 0.6 is 0 Å². The summed E-state index contributed by atoms with van der Waals surface area (Å²) in [7, 11) is -5.30. The predicted molar refractivity (Wildman–Crippen MR) is 116 cm³/mol. The van der Waals surface area contributed by atoms with Gasteiger partial charge in [0.05, 0.1) is 27.5 Å². The third kappa shape index (κ3) is 4.41. The molecular weight excluding hydrogens is 426 g/mol. The molecule has 158 valence electrons. The van der Waals surface area contributed by atoms with Crippen molar-refractivity contribution in [3.8, 4) is 0 Å². The van der Waals surface area contributed by atoms with Crippen molar-refractivity contribution in [1.29, 1.82) is 0 Å². The quantitative estimate of drug-likeness (QED) is 0.300. The first-order valence-corrected chi connectivity index (χ1v) is 14.5. The lowest BCUT2D eigenvalue weighted by Crippen LogP contribution is -2.30. The minimum Gasteiger partial charge on any atom is -0.283 e. The van der Waals surface area contributed by atoms with E-state index in [0.29, 0.717) is 10.9 Å². The molecular formula is C19H21N3O6SSi. The van der Waals surface area contributed by atoms with Crippen LogP contribution in [0.3, 0.4) is 0 Å². The van der Waals surface area contributed by atoms with Crippen molar-refractivity contribution < 1.29 is 22.9 Å². The Hall–Kier alpha value is -3.05. The minimum absolute atomic E-state index is 0.0442. The van der Waals surface area contributed by atoms with Crippen LogP contribution in [0.15, 0.2) is 42.5 Å². The van der Waals surface area contributed by atoms with E-state index in [0.717, 1.165) is 12.1 Å². The maximum atomic E-state index is 12.7. The number of nitrogens with zero attached hydrogens (tertiary/aromatic N) is 2. The van der Waals surface area contributed by atoms with Gasteiger partial charge < -0.3 is 0 Å². The number of benzene rings is 2. The molecule has 1 heterocycles. The van der Waals surface area contributed by atoms with E-state index in [1.165, 1.54) is 18.2 Å². The second kappa shape index (κ2) is 7.65. The number of sulfonamides is 1. The van der Waals surface area contributed by atoms with E-state index >= 15 is 0 Å². The number of nitro groups is 1. The predicted octanol–water partition coefficient (Wildman–Crippen LogP) is 3.48. The number of nitro benzene ring substituents is 1. The summed E-state index contributed by atoms with van der Waals surface area (Å²) < 4.78 is 27.3. The van der Waals surface area contributed by atoms with Gasteiger partial charge in [0.25, 0.3) is 17.5 Å². The van der Waals surface area contributed by atoms with E-state index in [2.05, 4.69) is 24.4 Å². The molecule has 0 fully saturated rings. The first-order chi connectivity index (χ1) is 13.9. The first kappa shape index (κ1) is 21.7. The number of anilines is 2. The molecule has 0 radical (unpaired) electrons. The van der Waals surface area contributed by atoms with Crippen molar-refractivity contribution in [2.75, 3.05) is 15.4 Å². The highest BCUT2D eigenvalue weighted by atomic mass is 32.2. The smallest absolute Gasteiger partial charge is 0.283 e. The fourth-order valence-electron chi connectivity index (χ4n) is 3.00. The summed E-state index contributed by atoms with van der Waals surface area (Å²) in [4.78, 5) is 37.0. The highest BCUT2D eigenvalue weighted by molar-refractivity contribution is 7.92. The SMILES string of the molecule is C[Si](C)(C)CCS(=O)(=O)Nc1ccc([N+](=O)[O-])c(N2C(=O)c3ccccc3C2=O)c1. The molecule has 0 spiro atoms. The van der Waals surface area contributed by atoms with Crippen molar-refractivity contribution in [2.24, 2.45) is 0 Å². The van der Waals surface area contributed by atoms with Crippen molar-refractivity contribution in [1.82, 2.24) is 0 Å². The second-order valence-corrected chi connectivity index (χ2v) is 15.6. The third-order valence-corrected chi connectivity index (χ3v) is 8.00. The number of carbonyl (C=O) groups is 2. The van der Waals surface area contributed by atoms with Crippen LogP contribution in [-0.2, 0) is 10.0 Å². The zero-order valence-electron chi connectivity index (χ0n) is 16.7. The van der Waals surface area contributed by atoms with Gasteiger partial charge in [-0.2, -0.15) is 0 Å². The molecule has 9 nitrogen and oxygen atoms in total. The van der Waals surface area contributed by atoms with Crippen LogP contribution in [0.25, 0.3) is 0 Å². The van der Waals surface area contributed by atoms with Gasteiger partial charge in [-0.1, -0.05) is 31.8 Å². The summed E-state index contributed by atoms with van der Waals surface area (Å²) in [6, 6.07) is 10.1. The van der Waals surface area contributed by atoms with Gasteiger partial charge in [-0.3, -0.25) is 24.4 Å². The highest BCUT2D eigenvalue weighted by Crippen LogP contribution is 2.36. The number of rotatable bonds is 7. The zero-order chi connectivity index (χ0) is 22.3. The summed E-state index contributed by atoms with van der Waals surface area (Å²) in [6.45, 7) is 6.15. The van der Waals surface area contributed by atoms with Gasteiger partial charge in [-0.15, -0.1) is 0 Å². The van der Waals surface area contributed by atoms with E-state index in [-0.39, 0.29) is 28.3 Å². The molecule has 3 rings (SSSR count). The molecule has 1 aliphatic heterocycles. The van der Waals surface area contributed by atoms with E-state index in [1.807, 2.05) is 0 Å². The Morgan fingerprint density at radius 3 is 2.10 bits per heavy atom. The summed E-state index contributed by atoms with van der Waals surface area (Å²) in [5.41, 5.74) is -0.440. The van der Waals surface area contributed by atoms with Crippen LogP contribution in [0.2, 0.25) is 25.7 Å². The lowest BCUT2D eigenvalue weighted by Gasteiger charge is -2.18. The van der Waals surface area contributed by atoms with Crippen molar-refractivity contribution >= 4 is 47.0 Å². The molecule has 0 aromatic heterocycles. The average Bonchev–Trinajstić information content (AvgIpc) is 2.90. The number of amides is 2. The largest absolute Gasteiger partial charge is 0.293 e. The van der Waals surface area contributed by atoms with E-state index in [4.69, 9.17) is 0 Å². The Kier molecular flexibility index (Phi) is 5.52. The summed E-state index contributed by atoms with van der Waals surface area (Å²) >= 11 is 0. The van der Waals surface area contributed by atoms with Crippen LogP contribution in [-0.4, -0.2) is 39.0 Å². The Morgan fingerprint density at radius 2 is 1.60 bits per heavy atom. The standard InChI is InChI=1S/C19H21N3O6SSi/c1-30(2,3)11-10-29(27,28)20-13-8-9-16(22(25)26)17(12-13)21-18(23)14-6-4-5-7-15(14)19(21)24/h4-9,12,20H,10-11H2,1-3H3. The number of hydrogen-bond donors (Lipinski definition) is 1. The zero-order valence-corrected chi connectivity index (χ0v) is 18.5. The van der Waals surface area contributed by atoms with Crippen LogP contribution in [0, 0.1) is 10.1 Å². The number of nitrogens with one attached hydrogen (secondary N) is 1. The molecule has 0 saturated heterocycles. The monoisotopic (exact) mass is 447 g/mol. The van der Waals surface area contributed by atoms with Gasteiger partial charge in [-0.05, 0) is 30.3 Å². The van der Waals surface area contributed by atoms with Gasteiger partial charge >= 0.3 is 0 Å². The molecule has 1 aliphatic rings. The molecule has 11 heteroatoms. The normalized spacial score (nSPS) is 14.0. The van der Waals surface area contributed by atoms with Crippen LogP contribution in [0.1, 0.15) is 20.7 Å². The van der Waals surface area contributed by atoms with E-state index in [1.54, 1.807) is 12.1 Å². The lowest BCUT2D eigenvalue weighted by atomic mass is 10.1. The fourth-order valence-corrected chi connectivity index (χ4v) is 7.11. The lowest BCUT2D eigenvalue weighted by molar-refractivity contribution is -0.384. The van der Waals surface area contributed by atoms with Gasteiger partial charge in [0.15, 0.2) is 0 Å². The Labute approximate surface area is 174 Å². The summed E-state index contributed by atoms with van der Waals surface area (Å²) in [5, 5.41) is 11.5. The molecule has 1 N–H and O–H groups in total. The van der Waals surface area contributed by atoms with Crippen LogP contribution in [0.5, 0.6) is 0 Å². The number of fused-ring (bicyclic) bond motifs is 1. The Balaban J connectivity index is 1.99. The Morgan fingerprint density at radius 1 is 1.03 bits per heavy atom. The number of carbonyl (C=O) groups excluding carboxylic acids is 2. The molecule has 0 bridgehead atoms. The maximum absolute atomic E-state index is 12.7. The van der Waals surface area contributed by atoms with Crippen LogP contribution in [0.4, 0.5) is 17.1 Å². The van der Waals surface area contributed by atoms with Gasteiger partial charge in [0, 0.05) is 14.1 Å². The van der Waals surface area contributed by atoms with E-state index < -0.39 is 40.5 Å². The summed E-state index contributed by atoms with van der Waals surface area (Å²) in [5.74, 6) is -1.47. The van der Waals surface area contributed by atoms with E-state index in [9.17, 15) is 28.1 Å². The van der Waals surface area contributed by atoms with Crippen LogP contribution < -0.4 is 9.62 Å². The number of imide groups is 1. The van der Waals surface area contributed by atoms with Crippen molar-refractivity contribution in [3.05, 3.63) is 63.7 Å². The third-order valence-electron chi connectivity index (χ3n) is 4.60. The maximum Gasteiger partial charge on any atom is 0.293 e. The first-order valence-electron chi connectivity index (χ1n) is 9.16. The molecule has 0 unspecified atom stereocenters. The molecule has 0 saturated carbocycles. The van der Waals surface area contributed by atoms with Gasteiger partial charge in [0.1, 0.15) is 5.69 Å². The Bertz CT molecular complexity index is 1120. The molecule has 0 aliphatic carbocycles. The molecule has 0 atom stereocenters. The van der Waals surface area contributed by atoms with Gasteiger partial charge in [0.2, 0.25) is 10.0 Å².